The lowest BCUT2D eigenvalue weighted by atomic mass is 9.76. The van der Waals surface area contributed by atoms with Gasteiger partial charge in [0.05, 0.1) is 39.5 Å². The SMILES string of the molecule is C=CC1C(C2c3ccc4c(oc5cc(C#N)ccc54)c3-c3cc(-n4c5ccccc5c5ccccc54)cc[n+]32)c2ccccc2-c2ccc(C(C)(C)C)c[n+]21. The lowest BCUT2D eigenvalue weighted by Crippen LogP contribution is -2.52. The van der Waals surface area contributed by atoms with E-state index in [1.807, 2.05) is 18.2 Å². The highest BCUT2D eigenvalue weighted by atomic mass is 16.3. The Bertz CT molecular complexity index is 3090. The Labute approximate surface area is 319 Å². The molecule has 3 atom stereocenters. The van der Waals surface area contributed by atoms with E-state index in [1.165, 1.54) is 49.8 Å². The molecule has 0 spiro atoms. The van der Waals surface area contributed by atoms with E-state index >= 15 is 0 Å². The molecule has 5 nitrogen and oxygen atoms in total. The van der Waals surface area contributed by atoms with Gasteiger partial charge in [-0.25, -0.2) is 0 Å². The van der Waals surface area contributed by atoms with Crippen LogP contribution in [0.4, 0.5) is 0 Å². The van der Waals surface area contributed by atoms with Crippen LogP contribution in [0.5, 0.6) is 0 Å². The quantitative estimate of drug-likeness (QED) is 0.135. The molecule has 11 rings (SSSR count). The van der Waals surface area contributed by atoms with Crippen molar-refractivity contribution in [3.63, 3.8) is 0 Å². The fourth-order valence-electron chi connectivity index (χ4n) is 9.67. The molecule has 262 valence electrons. The minimum atomic E-state index is -0.0624. The van der Waals surface area contributed by atoms with Crippen LogP contribution in [0, 0.1) is 11.3 Å². The summed E-state index contributed by atoms with van der Waals surface area (Å²) in [5.74, 6) is 0.0255. The lowest BCUT2D eigenvalue weighted by Gasteiger charge is -2.31. The molecule has 0 N–H and O–H groups in total. The van der Waals surface area contributed by atoms with Crippen LogP contribution in [0.25, 0.3) is 71.9 Å². The van der Waals surface area contributed by atoms with Gasteiger partial charge >= 0.3 is 0 Å². The number of nitrogens with zero attached hydrogens (tertiary/aromatic N) is 4. The summed E-state index contributed by atoms with van der Waals surface area (Å²) in [6, 6.07) is 47.9. The molecule has 5 aromatic carbocycles. The van der Waals surface area contributed by atoms with Crippen LogP contribution in [-0.4, -0.2) is 4.57 Å². The first-order valence-corrected chi connectivity index (χ1v) is 19.0. The molecule has 0 saturated carbocycles. The van der Waals surface area contributed by atoms with Gasteiger partial charge in [0.25, 0.3) is 0 Å². The van der Waals surface area contributed by atoms with Gasteiger partial charge in [-0.15, -0.1) is 0 Å². The number of para-hydroxylation sites is 2. The molecule has 0 saturated heterocycles. The number of benzene rings is 5. The summed E-state index contributed by atoms with van der Waals surface area (Å²) in [7, 11) is 0. The van der Waals surface area contributed by atoms with Crippen molar-refractivity contribution in [2.75, 3.05) is 0 Å². The molecule has 3 unspecified atom stereocenters. The number of fused-ring (bicyclic) bond motifs is 13. The van der Waals surface area contributed by atoms with Crippen molar-refractivity contribution in [1.29, 1.82) is 5.26 Å². The minimum Gasteiger partial charge on any atom is -0.455 e. The first kappa shape index (κ1) is 31.7. The second-order valence-corrected chi connectivity index (χ2v) is 16.1. The molecule has 0 bridgehead atoms. The third kappa shape index (κ3) is 4.40. The molecule has 55 heavy (non-hydrogen) atoms. The van der Waals surface area contributed by atoms with Crippen molar-refractivity contribution in [2.24, 2.45) is 0 Å². The number of pyridine rings is 2. The highest BCUT2D eigenvalue weighted by molar-refractivity contribution is 6.11. The van der Waals surface area contributed by atoms with E-state index in [0.29, 0.717) is 5.56 Å². The molecule has 0 aliphatic carbocycles. The third-order valence-corrected chi connectivity index (χ3v) is 12.2. The van der Waals surface area contributed by atoms with Crippen LogP contribution < -0.4 is 9.13 Å². The molecule has 9 aromatic rings. The van der Waals surface area contributed by atoms with Crippen molar-refractivity contribution in [1.82, 2.24) is 4.57 Å². The summed E-state index contributed by atoms with van der Waals surface area (Å²) in [4.78, 5) is 0. The van der Waals surface area contributed by atoms with Gasteiger partial charge in [-0.05, 0) is 65.6 Å². The lowest BCUT2D eigenvalue weighted by molar-refractivity contribution is -0.739. The third-order valence-electron chi connectivity index (χ3n) is 12.2. The van der Waals surface area contributed by atoms with Crippen molar-refractivity contribution in [3.05, 3.63) is 175 Å². The number of hydrogen-bond donors (Lipinski definition) is 0. The monoisotopic (exact) mass is 710 g/mol. The van der Waals surface area contributed by atoms with E-state index in [0.717, 1.165) is 38.9 Å². The Hall–Kier alpha value is -6.77. The molecule has 5 heteroatoms. The van der Waals surface area contributed by atoms with Gasteiger partial charge in [0, 0.05) is 50.9 Å². The topological polar surface area (TPSA) is 49.6 Å². The minimum absolute atomic E-state index is 0.0109. The molecule has 2 aliphatic heterocycles. The second-order valence-electron chi connectivity index (χ2n) is 16.1. The standard InChI is InChI=1S/C50H38N4O/c1-5-40-46(37-15-7-6-14-35(37)41-23-19-31(29-53(40)41)50(2,3)4)48-39-22-21-38-36-20-18-30(28-51)26-45(36)55-49(38)47(39)44-27-32(24-25-52(44)48)54-42-16-10-8-12-33(42)34-13-9-11-17-43(34)54/h5-27,29,40,46,48H,1H2,2-4H3/q+2. The highest BCUT2D eigenvalue weighted by Crippen LogP contribution is 2.52. The molecule has 0 radical (unpaired) electrons. The summed E-state index contributed by atoms with van der Waals surface area (Å²) >= 11 is 0. The predicted molar refractivity (Wildman–Crippen MR) is 219 cm³/mol. The van der Waals surface area contributed by atoms with Gasteiger partial charge < -0.3 is 8.98 Å². The Morgan fingerprint density at radius 3 is 2.20 bits per heavy atom. The van der Waals surface area contributed by atoms with Crippen LogP contribution in [0.3, 0.4) is 0 Å². The zero-order valence-corrected chi connectivity index (χ0v) is 31.0. The van der Waals surface area contributed by atoms with Gasteiger partial charge in [-0.1, -0.05) is 88.0 Å². The fraction of sp³-hybridized carbons (Fsp3) is 0.140. The number of nitriles is 1. The Kier molecular flexibility index (Phi) is 6.56. The molecule has 0 amide bonds. The van der Waals surface area contributed by atoms with Crippen LogP contribution >= 0.6 is 0 Å². The number of hydrogen-bond acceptors (Lipinski definition) is 2. The van der Waals surface area contributed by atoms with Crippen molar-refractivity contribution in [2.45, 2.75) is 44.2 Å². The largest absolute Gasteiger partial charge is 0.455 e. The van der Waals surface area contributed by atoms with Gasteiger partial charge in [0.1, 0.15) is 17.1 Å². The van der Waals surface area contributed by atoms with E-state index < -0.39 is 0 Å². The normalized spacial score (nSPS) is 17.2. The smallest absolute Gasteiger partial charge is 0.219 e. The first-order valence-electron chi connectivity index (χ1n) is 19.0. The number of furan rings is 1. The molecule has 6 heterocycles. The molecule has 0 fully saturated rings. The molecule has 2 aliphatic rings. The zero-order chi connectivity index (χ0) is 37.2. The average molecular weight is 711 g/mol. The van der Waals surface area contributed by atoms with Crippen LogP contribution in [0.2, 0.25) is 0 Å². The maximum Gasteiger partial charge on any atom is 0.219 e. The van der Waals surface area contributed by atoms with Crippen LogP contribution in [-0.2, 0) is 5.41 Å². The first-order chi connectivity index (χ1) is 26.8. The predicted octanol–water partition coefficient (Wildman–Crippen LogP) is 11.2. The van der Waals surface area contributed by atoms with Gasteiger partial charge in [0.15, 0.2) is 24.5 Å². The molecule has 4 aromatic heterocycles. The van der Waals surface area contributed by atoms with E-state index in [9.17, 15) is 5.26 Å². The zero-order valence-electron chi connectivity index (χ0n) is 31.0. The number of rotatable bonds is 3. The van der Waals surface area contributed by atoms with E-state index in [2.05, 4.69) is 175 Å². The number of aromatic nitrogens is 3. The van der Waals surface area contributed by atoms with E-state index in [-0.39, 0.29) is 23.4 Å². The van der Waals surface area contributed by atoms with Gasteiger partial charge in [-0.3, -0.25) is 0 Å². The van der Waals surface area contributed by atoms with Crippen LogP contribution in [0.1, 0.15) is 61.0 Å². The summed E-state index contributed by atoms with van der Waals surface area (Å²) in [6.07, 6.45) is 6.78. The van der Waals surface area contributed by atoms with Crippen LogP contribution in [0.15, 0.2) is 157 Å². The Balaban J connectivity index is 1.21. The molecular weight excluding hydrogens is 673 g/mol. The summed E-state index contributed by atoms with van der Waals surface area (Å²) in [6.45, 7) is 11.3. The van der Waals surface area contributed by atoms with Crippen molar-refractivity contribution >= 4 is 43.7 Å². The second kappa shape index (κ2) is 11.4. The molecular formula is C50H38N4O+2. The maximum atomic E-state index is 9.76. The van der Waals surface area contributed by atoms with Crippen molar-refractivity contribution < 1.29 is 13.6 Å². The Morgan fingerprint density at radius 1 is 0.727 bits per heavy atom. The van der Waals surface area contributed by atoms with Crippen molar-refractivity contribution in [3.8, 4) is 34.3 Å². The highest BCUT2D eigenvalue weighted by Gasteiger charge is 2.52. The summed E-state index contributed by atoms with van der Waals surface area (Å²) in [5, 5.41) is 14.3. The number of allylic oxidation sites excluding steroid dienone is 1. The maximum absolute atomic E-state index is 9.76. The van der Waals surface area contributed by atoms with E-state index in [1.54, 1.807) is 0 Å². The van der Waals surface area contributed by atoms with E-state index in [4.69, 9.17) is 4.42 Å². The summed E-state index contributed by atoms with van der Waals surface area (Å²) < 4.78 is 14.2. The average Bonchev–Trinajstić information content (AvgIpc) is 3.86. The fourth-order valence-corrected chi connectivity index (χ4v) is 9.67. The van der Waals surface area contributed by atoms with Gasteiger partial charge in [0.2, 0.25) is 11.4 Å². The van der Waals surface area contributed by atoms with Gasteiger partial charge in [-0.2, -0.15) is 14.4 Å². The summed E-state index contributed by atoms with van der Waals surface area (Å²) in [5.41, 5.74) is 14.0. The Morgan fingerprint density at radius 2 is 1.45 bits per heavy atom.